The molecule has 35 heavy (non-hydrogen) atoms. The van der Waals surface area contributed by atoms with Crippen LogP contribution in [0.5, 0.6) is 0 Å². The molecule has 0 radical (unpaired) electrons. The fourth-order valence-electron chi connectivity index (χ4n) is 3.90. The highest BCUT2D eigenvalue weighted by atomic mass is 79.9. The maximum atomic E-state index is 12.6. The zero-order chi connectivity index (χ0) is 24.3. The van der Waals surface area contributed by atoms with E-state index in [9.17, 15) is 14.9 Å². The smallest absolute Gasteiger partial charge is 0.269 e. The van der Waals surface area contributed by atoms with E-state index in [1.165, 1.54) is 30.6 Å². The van der Waals surface area contributed by atoms with Gasteiger partial charge in [-0.25, -0.2) is 4.57 Å². The van der Waals surface area contributed by atoms with Crippen LogP contribution in [0.25, 0.3) is 0 Å². The molecule has 3 aromatic rings. The van der Waals surface area contributed by atoms with Gasteiger partial charge >= 0.3 is 0 Å². The molecule has 1 fully saturated rings. The molecule has 0 spiro atoms. The molecule has 0 amide bonds. The maximum absolute atomic E-state index is 12.6. The number of carbonyl (C=O) groups excluding carboxylic acids is 1. The van der Waals surface area contributed by atoms with Crippen molar-refractivity contribution in [3.8, 4) is 0 Å². The van der Waals surface area contributed by atoms with Crippen LogP contribution in [0.1, 0.15) is 35.7 Å². The number of halogens is 3. The second-order valence-corrected chi connectivity index (χ2v) is 8.90. The summed E-state index contributed by atoms with van der Waals surface area (Å²) in [4.78, 5) is 22.9. The minimum Gasteiger partial charge on any atom is -1.00 e. The van der Waals surface area contributed by atoms with Crippen molar-refractivity contribution in [3.05, 3.63) is 86.4 Å². The van der Waals surface area contributed by atoms with Crippen molar-refractivity contribution < 1.29 is 40.7 Å². The molecule has 0 N–H and O–H groups in total. The quantitative estimate of drug-likeness (QED) is 0.163. The summed E-state index contributed by atoms with van der Waals surface area (Å²) < 4.78 is 15.8. The van der Waals surface area contributed by atoms with Gasteiger partial charge in [-0.05, 0) is 30.7 Å². The van der Waals surface area contributed by atoms with E-state index in [0.717, 1.165) is 12.8 Å². The molecule has 186 valence electrons. The first kappa shape index (κ1) is 27.2. The number of rotatable bonds is 9. The second kappa shape index (κ2) is 11.6. The molecule has 4 rings (SSSR count). The Hall–Kier alpha value is -2.37. The average molecular weight is 586 g/mol. The van der Waals surface area contributed by atoms with Crippen LogP contribution in [0.2, 0.25) is 10.0 Å². The van der Waals surface area contributed by atoms with E-state index in [-0.39, 0.29) is 47.6 Å². The zero-order valence-electron chi connectivity index (χ0n) is 18.8. The van der Waals surface area contributed by atoms with Crippen molar-refractivity contribution in [2.24, 2.45) is 0 Å². The molecule has 2 unspecified atom stereocenters. The van der Waals surface area contributed by atoms with Crippen molar-refractivity contribution in [2.45, 2.75) is 44.7 Å². The normalized spacial score (nSPS) is 19.3. The van der Waals surface area contributed by atoms with E-state index in [1.807, 2.05) is 0 Å². The first-order valence-electron chi connectivity index (χ1n) is 10.8. The Kier molecular flexibility index (Phi) is 9.00. The fourth-order valence-corrected chi connectivity index (χ4v) is 4.46. The summed E-state index contributed by atoms with van der Waals surface area (Å²) in [5, 5.41) is 16.1. The van der Waals surface area contributed by atoms with Crippen LogP contribution in [0.4, 0.5) is 5.69 Å². The third-order valence-electron chi connectivity index (χ3n) is 5.54. The van der Waals surface area contributed by atoms with Gasteiger partial charge in [0.25, 0.3) is 12.0 Å². The van der Waals surface area contributed by atoms with Crippen LogP contribution in [-0.4, -0.2) is 33.2 Å². The summed E-state index contributed by atoms with van der Waals surface area (Å²) >= 11 is 12.6. The van der Waals surface area contributed by atoms with Gasteiger partial charge in [-0.1, -0.05) is 42.6 Å². The Labute approximate surface area is 222 Å². The number of Topliss-reactive ketones (excluding diaryl/α,β-unsaturated/α-hetero) is 1. The van der Waals surface area contributed by atoms with Crippen LogP contribution < -0.4 is 21.5 Å². The molecule has 9 nitrogen and oxygen atoms in total. The molecule has 0 aliphatic carbocycles. The Bertz CT molecular complexity index is 1210. The van der Waals surface area contributed by atoms with E-state index in [1.54, 1.807) is 33.8 Å². The van der Waals surface area contributed by atoms with Crippen molar-refractivity contribution in [1.82, 2.24) is 9.78 Å². The fraction of sp³-hybridized carbons (Fsp3) is 0.348. The topological polar surface area (TPSA) is 100 Å². The highest BCUT2D eigenvalue weighted by molar-refractivity contribution is 6.35. The van der Waals surface area contributed by atoms with Gasteiger partial charge in [0.1, 0.15) is 6.54 Å². The molecule has 1 aliphatic heterocycles. The minimum absolute atomic E-state index is 0. The number of nitro groups is 1. The highest BCUT2D eigenvalue weighted by Crippen LogP contribution is 2.41. The van der Waals surface area contributed by atoms with Crippen molar-refractivity contribution in [3.63, 3.8) is 0 Å². The molecule has 0 bridgehead atoms. The minimum atomic E-state index is -1.15. The van der Waals surface area contributed by atoms with E-state index in [0.29, 0.717) is 27.8 Å². The van der Waals surface area contributed by atoms with E-state index >= 15 is 0 Å². The largest absolute Gasteiger partial charge is 1.00 e. The number of nitro benzene ring substituents is 1. The van der Waals surface area contributed by atoms with E-state index in [4.69, 9.17) is 32.7 Å². The van der Waals surface area contributed by atoms with Gasteiger partial charge in [-0.15, -0.1) is 4.68 Å². The predicted molar refractivity (Wildman–Crippen MR) is 124 cm³/mol. The number of aromatic nitrogens is 3. The Morgan fingerprint density at radius 2 is 2.03 bits per heavy atom. The Balaban J connectivity index is 0.00000342. The first-order chi connectivity index (χ1) is 16.3. The number of non-ortho nitro benzene ring substituents is 1. The van der Waals surface area contributed by atoms with Gasteiger partial charge in [-0.2, -0.15) is 0 Å². The van der Waals surface area contributed by atoms with Gasteiger partial charge in [0, 0.05) is 33.4 Å². The highest BCUT2D eigenvalue weighted by Gasteiger charge is 2.46. The lowest BCUT2D eigenvalue weighted by atomic mass is 10.1. The molecule has 1 saturated heterocycles. The summed E-state index contributed by atoms with van der Waals surface area (Å²) in [7, 11) is 0. The van der Waals surface area contributed by atoms with Crippen molar-refractivity contribution in [1.29, 1.82) is 0 Å². The molecule has 0 saturated carbocycles. The van der Waals surface area contributed by atoms with Crippen LogP contribution in [0.3, 0.4) is 0 Å². The molecule has 2 aromatic carbocycles. The molecule has 2 heterocycles. The number of hydrogen-bond donors (Lipinski definition) is 0. The zero-order valence-corrected chi connectivity index (χ0v) is 21.9. The standard InChI is InChI=1S/C23H23Cl2N4O5.BrH/c1-2-3-19-12-33-23(34-19,20-9-6-17(24)10-21(20)25)13-28-15-27(14-26-28)11-22(30)16-4-7-18(8-5-16)29(31)32;/h4-10,14-15,19H,2-3,11-13H2,1H3;1H/q+1;/p-1. The molecule has 1 aliphatic rings. The number of nitrogens with zero attached hydrogens (tertiary/aromatic N) is 4. The number of ether oxygens (including phenoxy) is 2. The third-order valence-corrected chi connectivity index (χ3v) is 6.09. The molecule has 12 heteroatoms. The number of hydrogen-bond acceptors (Lipinski definition) is 6. The van der Waals surface area contributed by atoms with Gasteiger partial charge in [-0.3, -0.25) is 14.9 Å². The lowest BCUT2D eigenvalue weighted by Gasteiger charge is -2.27. The van der Waals surface area contributed by atoms with E-state index < -0.39 is 10.7 Å². The summed E-state index contributed by atoms with van der Waals surface area (Å²) in [6, 6.07) is 10.7. The summed E-state index contributed by atoms with van der Waals surface area (Å²) in [5.74, 6) is -1.35. The average Bonchev–Trinajstić information content (AvgIpc) is 3.41. The number of benzene rings is 2. The summed E-state index contributed by atoms with van der Waals surface area (Å²) in [6.45, 7) is 2.74. The van der Waals surface area contributed by atoms with Crippen LogP contribution in [0.15, 0.2) is 55.1 Å². The second-order valence-electron chi connectivity index (χ2n) is 8.06. The Morgan fingerprint density at radius 1 is 1.29 bits per heavy atom. The SMILES string of the molecule is CCCC1COC(Cn2c[n+](CC(=O)c3ccc([N+](=O)[O-])cc3)cn2)(c2ccc(Cl)cc2Cl)O1.[Br-]. The number of carbonyl (C=O) groups is 1. The first-order valence-corrected chi connectivity index (χ1v) is 11.5. The predicted octanol–water partition coefficient (Wildman–Crippen LogP) is 1.34. The van der Waals surface area contributed by atoms with Gasteiger partial charge in [0.05, 0.1) is 22.7 Å². The third kappa shape index (κ3) is 6.25. The van der Waals surface area contributed by atoms with Gasteiger partial charge < -0.3 is 26.5 Å². The molecular formula is C23H23BrCl2N4O5. The molecule has 1 aromatic heterocycles. The van der Waals surface area contributed by atoms with Crippen LogP contribution in [0, 0.1) is 10.1 Å². The molecule has 2 atom stereocenters. The lowest BCUT2D eigenvalue weighted by Crippen LogP contribution is -3.00. The molecular weight excluding hydrogens is 563 g/mol. The lowest BCUT2D eigenvalue weighted by molar-refractivity contribution is -0.684. The summed E-state index contributed by atoms with van der Waals surface area (Å²) in [5.41, 5.74) is 0.961. The van der Waals surface area contributed by atoms with Gasteiger partial charge in [0.15, 0.2) is 12.3 Å². The van der Waals surface area contributed by atoms with E-state index in [2.05, 4.69) is 12.0 Å². The summed E-state index contributed by atoms with van der Waals surface area (Å²) in [6.07, 6.45) is 4.91. The van der Waals surface area contributed by atoms with Crippen molar-refractivity contribution >= 4 is 34.7 Å². The van der Waals surface area contributed by atoms with Crippen LogP contribution in [-0.2, 0) is 28.4 Å². The maximum Gasteiger partial charge on any atom is 0.269 e. The number of ketones is 1. The van der Waals surface area contributed by atoms with Crippen molar-refractivity contribution in [2.75, 3.05) is 6.61 Å². The Morgan fingerprint density at radius 3 is 2.69 bits per heavy atom. The van der Waals surface area contributed by atoms with Crippen LogP contribution >= 0.6 is 23.2 Å². The van der Waals surface area contributed by atoms with Gasteiger partial charge in [0.2, 0.25) is 12.1 Å². The monoisotopic (exact) mass is 584 g/mol.